The maximum atomic E-state index is 6.07. The van der Waals surface area contributed by atoms with Gasteiger partial charge in [0.25, 0.3) is 0 Å². The Hall–Kier alpha value is -2.30. The van der Waals surface area contributed by atoms with Crippen LogP contribution in [0.4, 0.5) is 11.6 Å². The van der Waals surface area contributed by atoms with E-state index in [0.717, 1.165) is 24.7 Å². The molecule has 1 aromatic heterocycles. The van der Waals surface area contributed by atoms with Gasteiger partial charge in [0.05, 0.1) is 25.5 Å². The van der Waals surface area contributed by atoms with Crippen molar-refractivity contribution in [3.63, 3.8) is 0 Å². The van der Waals surface area contributed by atoms with Crippen molar-refractivity contribution in [1.82, 2.24) is 9.97 Å². The molecule has 1 saturated heterocycles. The maximum Gasteiger partial charge on any atom is 0.149 e. The van der Waals surface area contributed by atoms with Crippen LogP contribution in [-0.2, 0) is 0 Å². The standard InChI is InChI=1S/C15H18N4O/c1-10-4-3-5-11(2)15(10)20-12-8-19(9-12)14-7-17-6-13(16)18-14/h3-7,12H,8-9H2,1-2H3,(H2,16,18). The first-order chi connectivity index (χ1) is 9.63. The monoisotopic (exact) mass is 270 g/mol. The third-order valence-corrected chi connectivity index (χ3v) is 3.51. The Morgan fingerprint density at radius 3 is 2.55 bits per heavy atom. The molecule has 5 nitrogen and oxygen atoms in total. The number of nitrogens with two attached hydrogens (primary N) is 1. The molecule has 2 heterocycles. The molecule has 0 amide bonds. The number of nitrogen functional groups attached to an aromatic ring is 1. The number of aromatic nitrogens is 2. The SMILES string of the molecule is Cc1cccc(C)c1OC1CN(c2cncc(N)n2)C1. The van der Waals surface area contributed by atoms with E-state index in [4.69, 9.17) is 10.5 Å². The van der Waals surface area contributed by atoms with E-state index in [9.17, 15) is 0 Å². The topological polar surface area (TPSA) is 64.3 Å². The van der Waals surface area contributed by atoms with E-state index in [0.29, 0.717) is 5.82 Å². The molecule has 0 saturated carbocycles. The van der Waals surface area contributed by atoms with Gasteiger partial charge < -0.3 is 15.4 Å². The first-order valence-corrected chi connectivity index (χ1v) is 6.69. The quantitative estimate of drug-likeness (QED) is 0.923. The molecule has 104 valence electrons. The van der Waals surface area contributed by atoms with Crippen LogP contribution in [0.15, 0.2) is 30.6 Å². The zero-order valence-corrected chi connectivity index (χ0v) is 11.7. The second-order valence-electron chi connectivity index (χ2n) is 5.17. The molecule has 0 unspecified atom stereocenters. The molecule has 0 spiro atoms. The van der Waals surface area contributed by atoms with Crippen molar-refractivity contribution in [2.45, 2.75) is 20.0 Å². The lowest BCUT2D eigenvalue weighted by atomic mass is 10.1. The smallest absolute Gasteiger partial charge is 0.149 e. The van der Waals surface area contributed by atoms with E-state index in [2.05, 4.69) is 40.8 Å². The molecule has 3 rings (SSSR count). The molecular formula is C15H18N4O. The number of nitrogens with zero attached hydrogens (tertiary/aromatic N) is 3. The third-order valence-electron chi connectivity index (χ3n) is 3.51. The number of para-hydroxylation sites is 1. The van der Waals surface area contributed by atoms with Crippen molar-refractivity contribution in [2.24, 2.45) is 0 Å². The Labute approximate surface area is 118 Å². The summed E-state index contributed by atoms with van der Waals surface area (Å²) in [6, 6.07) is 6.19. The van der Waals surface area contributed by atoms with Gasteiger partial charge in [-0.15, -0.1) is 0 Å². The highest BCUT2D eigenvalue weighted by Crippen LogP contribution is 2.27. The average Bonchev–Trinajstić information content (AvgIpc) is 2.36. The molecular weight excluding hydrogens is 252 g/mol. The second-order valence-corrected chi connectivity index (χ2v) is 5.17. The van der Waals surface area contributed by atoms with E-state index in [1.54, 1.807) is 12.4 Å². The molecule has 2 aromatic rings. The van der Waals surface area contributed by atoms with Gasteiger partial charge in [0, 0.05) is 0 Å². The highest BCUT2D eigenvalue weighted by atomic mass is 16.5. The number of hydrogen-bond acceptors (Lipinski definition) is 5. The van der Waals surface area contributed by atoms with Crippen LogP contribution in [0, 0.1) is 13.8 Å². The molecule has 1 aromatic carbocycles. The summed E-state index contributed by atoms with van der Waals surface area (Å²) in [5.41, 5.74) is 7.99. The van der Waals surface area contributed by atoms with Crippen LogP contribution in [0.1, 0.15) is 11.1 Å². The molecule has 0 aliphatic carbocycles. The largest absolute Gasteiger partial charge is 0.486 e. The minimum absolute atomic E-state index is 0.193. The fourth-order valence-corrected chi connectivity index (χ4v) is 2.37. The van der Waals surface area contributed by atoms with Gasteiger partial charge in [-0.3, -0.25) is 4.98 Å². The zero-order valence-electron chi connectivity index (χ0n) is 11.7. The third kappa shape index (κ3) is 2.39. The molecule has 1 aliphatic heterocycles. The van der Waals surface area contributed by atoms with E-state index < -0.39 is 0 Å². The molecule has 0 atom stereocenters. The number of aryl methyl sites for hydroxylation is 2. The predicted molar refractivity (Wildman–Crippen MR) is 79.0 cm³/mol. The normalized spacial score (nSPS) is 15.0. The summed E-state index contributed by atoms with van der Waals surface area (Å²) in [5, 5.41) is 0. The Morgan fingerprint density at radius 1 is 1.20 bits per heavy atom. The lowest BCUT2D eigenvalue weighted by Crippen LogP contribution is -2.54. The molecule has 1 fully saturated rings. The number of ether oxygens (including phenoxy) is 1. The molecule has 0 radical (unpaired) electrons. The van der Waals surface area contributed by atoms with Crippen molar-refractivity contribution in [1.29, 1.82) is 0 Å². The van der Waals surface area contributed by atoms with Gasteiger partial charge in [-0.1, -0.05) is 18.2 Å². The van der Waals surface area contributed by atoms with Crippen LogP contribution >= 0.6 is 0 Å². The van der Waals surface area contributed by atoms with Crippen LogP contribution in [0.25, 0.3) is 0 Å². The Morgan fingerprint density at radius 2 is 1.90 bits per heavy atom. The molecule has 0 bridgehead atoms. The highest BCUT2D eigenvalue weighted by molar-refractivity contribution is 5.45. The number of anilines is 2. The zero-order chi connectivity index (χ0) is 14.1. The first kappa shape index (κ1) is 12.7. The van der Waals surface area contributed by atoms with Gasteiger partial charge in [-0.05, 0) is 25.0 Å². The van der Waals surface area contributed by atoms with Gasteiger partial charge in [0.15, 0.2) is 0 Å². The van der Waals surface area contributed by atoms with Crippen LogP contribution < -0.4 is 15.4 Å². The maximum absolute atomic E-state index is 6.07. The lowest BCUT2D eigenvalue weighted by molar-refractivity contribution is 0.164. The second kappa shape index (κ2) is 5.00. The summed E-state index contributed by atoms with van der Waals surface area (Å²) in [6.45, 7) is 5.77. The molecule has 20 heavy (non-hydrogen) atoms. The van der Waals surface area contributed by atoms with Gasteiger partial charge in [-0.25, -0.2) is 4.98 Å². The summed E-state index contributed by atoms with van der Waals surface area (Å²) in [7, 11) is 0. The minimum atomic E-state index is 0.193. The Kier molecular flexibility index (Phi) is 3.18. The van der Waals surface area contributed by atoms with Crippen LogP contribution in [0.3, 0.4) is 0 Å². The fourth-order valence-electron chi connectivity index (χ4n) is 2.37. The average molecular weight is 270 g/mol. The predicted octanol–water partition coefficient (Wildman–Crippen LogP) is 1.94. The first-order valence-electron chi connectivity index (χ1n) is 6.69. The van der Waals surface area contributed by atoms with Crippen LogP contribution in [0.2, 0.25) is 0 Å². The van der Waals surface area contributed by atoms with Crippen molar-refractivity contribution in [2.75, 3.05) is 23.7 Å². The van der Waals surface area contributed by atoms with Crippen LogP contribution in [-0.4, -0.2) is 29.2 Å². The summed E-state index contributed by atoms with van der Waals surface area (Å²) in [4.78, 5) is 10.4. The van der Waals surface area contributed by atoms with Crippen molar-refractivity contribution in [3.05, 3.63) is 41.7 Å². The van der Waals surface area contributed by atoms with Gasteiger partial charge in [0.2, 0.25) is 0 Å². The number of hydrogen-bond donors (Lipinski definition) is 1. The minimum Gasteiger partial charge on any atom is -0.486 e. The van der Waals surface area contributed by atoms with Crippen molar-refractivity contribution >= 4 is 11.6 Å². The lowest BCUT2D eigenvalue weighted by Gasteiger charge is -2.40. The highest BCUT2D eigenvalue weighted by Gasteiger charge is 2.30. The Bertz CT molecular complexity index is 603. The van der Waals surface area contributed by atoms with Gasteiger partial charge >= 0.3 is 0 Å². The summed E-state index contributed by atoms with van der Waals surface area (Å²) in [5.74, 6) is 2.25. The fraction of sp³-hybridized carbons (Fsp3) is 0.333. The molecule has 2 N–H and O–H groups in total. The van der Waals surface area contributed by atoms with E-state index in [-0.39, 0.29) is 6.10 Å². The van der Waals surface area contributed by atoms with E-state index in [1.807, 2.05) is 6.07 Å². The summed E-state index contributed by atoms with van der Waals surface area (Å²) >= 11 is 0. The van der Waals surface area contributed by atoms with Gasteiger partial charge in [-0.2, -0.15) is 0 Å². The van der Waals surface area contributed by atoms with Gasteiger partial charge in [0.1, 0.15) is 23.5 Å². The van der Waals surface area contributed by atoms with Crippen LogP contribution in [0.5, 0.6) is 5.75 Å². The number of rotatable bonds is 3. The molecule has 5 heteroatoms. The van der Waals surface area contributed by atoms with E-state index in [1.165, 1.54) is 11.1 Å². The number of benzene rings is 1. The summed E-state index contributed by atoms with van der Waals surface area (Å²) in [6.07, 6.45) is 3.47. The van der Waals surface area contributed by atoms with E-state index >= 15 is 0 Å². The Balaban J connectivity index is 1.64. The van der Waals surface area contributed by atoms with Crippen molar-refractivity contribution in [3.8, 4) is 5.75 Å². The summed E-state index contributed by atoms with van der Waals surface area (Å²) < 4.78 is 6.07. The molecule has 1 aliphatic rings. The van der Waals surface area contributed by atoms with Crippen molar-refractivity contribution < 1.29 is 4.74 Å².